The van der Waals surface area contributed by atoms with Gasteiger partial charge in [0, 0.05) is 18.0 Å². The van der Waals surface area contributed by atoms with Crippen molar-refractivity contribution in [1.29, 1.82) is 0 Å². The molecule has 0 atom stereocenters. The number of fused-ring (bicyclic) bond motifs is 1. The van der Waals surface area contributed by atoms with Crippen molar-refractivity contribution >= 4 is 29.3 Å². The molecule has 1 aromatic rings. The molecule has 1 aromatic carbocycles. The maximum absolute atomic E-state index is 12.1. The molecule has 2 rings (SSSR count). The van der Waals surface area contributed by atoms with Crippen LogP contribution in [0.25, 0.3) is 0 Å². The number of nitrogens with one attached hydrogen (secondary N) is 2. The lowest BCUT2D eigenvalue weighted by atomic mass is 10.2. The lowest BCUT2D eigenvalue weighted by Crippen LogP contribution is -2.42. The van der Waals surface area contributed by atoms with Crippen LogP contribution in [-0.4, -0.2) is 43.7 Å². The van der Waals surface area contributed by atoms with Crippen LogP contribution >= 0.6 is 11.8 Å². The fourth-order valence-corrected chi connectivity index (χ4v) is 3.31. The van der Waals surface area contributed by atoms with Gasteiger partial charge in [0.05, 0.1) is 18.8 Å². The molecule has 1 aliphatic heterocycles. The third-order valence-corrected chi connectivity index (χ3v) is 4.54. The van der Waals surface area contributed by atoms with Gasteiger partial charge in [-0.1, -0.05) is 19.1 Å². The molecule has 2 N–H and O–H groups in total. The van der Waals surface area contributed by atoms with Gasteiger partial charge in [-0.05, 0) is 30.7 Å². The molecule has 0 saturated heterocycles. The average Bonchev–Trinajstić information content (AvgIpc) is 2.73. The number of benzene rings is 1. The highest BCUT2D eigenvalue weighted by Crippen LogP contribution is 2.33. The molecule has 0 fully saturated rings. The summed E-state index contributed by atoms with van der Waals surface area (Å²) < 4.78 is 0. The van der Waals surface area contributed by atoms with Crippen LogP contribution < -0.4 is 15.5 Å². The zero-order valence-electron chi connectivity index (χ0n) is 12.9. The van der Waals surface area contributed by atoms with Crippen molar-refractivity contribution < 1.29 is 9.59 Å². The summed E-state index contributed by atoms with van der Waals surface area (Å²) in [4.78, 5) is 26.9. The SMILES string of the molecule is CCCNC(=O)CNC(=O)CN1CCCSc2ccccc21. The molecule has 0 radical (unpaired) electrons. The number of para-hydroxylation sites is 1. The number of anilines is 1. The molecule has 2 amide bonds. The number of nitrogens with zero attached hydrogens (tertiary/aromatic N) is 1. The second-order valence-corrected chi connectivity index (χ2v) is 6.35. The highest BCUT2D eigenvalue weighted by Gasteiger charge is 2.17. The van der Waals surface area contributed by atoms with E-state index >= 15 is 0 Å². The highest BCUT2D eigenvalue weighted by molar-refractivity contribution is 7.99. The summed E-state index contributed by atoms with van der Waals surface area (Å²) in [7, 11) is 0. The number of rotatable bonds is 6. The number of hydrogen-bond donors (Lipinski definition) is 2. The molecule has 5 nitrogen and oxygen atoms in total. The summed E-state index contributed by atoms with van der Waals surface area (Å²) in [6.45, 7) is 3.83. The standard InChI is InChI=1S/C16H23N3O2S/c1-2-8-17-15(20)11-18-16(21)12-19-9-5-10-22-14-7-4-3-6-13(14)19/h3-4,6-7H,2,5,8-12H2,1H3,(H,17,20)(H,18,21). The average molecular weight is 321 g/mol. The highest BCUT2D eigenvalue weighted by atomic mass is 32.2. The summed E-state index contributed by atoms with van der Waals surface area (Å²) in [5, 5.41) is 5.44. The third kappa shape index (κ3) is 4.94. The van der Waals surface area contributed by atoms with Gasteiger partial charge in [-0.3, -0.25) is 9.59 Å². The van der Waals surface area contributed by atoms with Crippen molar-refractivity contribution in [2.45, 2.75) is 24.7 Å². The first-order chi connectivity index (χ1) is 10.7. The molecule has 6 heteroatoms. The van der Waals surface area contributed by atoms with Crippen LogP contribution in [0.15, 0.2) is 29.2 Å². The summed E-state index contributed by atoms with van der Waals surface area (Å²) in [5.41, 5.74) is 1.11. The van der Waals surface area contributed by atoms with Crippen molar-refractivity contribution in [3.8, 4) is 0 Å². The Hall–Kier alpha value is -1.69. The van der Waals surface area contributed by atoms with Crippen LogP contribution in [0.5, 0.6) is 0 Å². The van der Waals surface area contributed by atoms with E-state index in [4.69, 9.17) is 0 Å². The summed E-state index contributed by atoms with van der Waals surface area (Å²) in [6.07, 6.45) is 1.94. The minimum absolute atomic E-state index is 0.0447. The van der Waals surface area contributed by atoms with Gasteiger partial charge in [0.15, 0.2) is 0 Å². The fraction of sp³-hybridized carbons (Fsp3) is 0.500. The Morgan fingerprint density at radius 3 is 2.86 bits per heavy atom. The molecule has 22 heavy (non-hydrogen) atoms. The molecule has 0 saturated carbocycles. The fourth-order valence-electron chi connectivity index (χ4n) is 2.30. The summed E-state index contributed by atoms with van der Waals surface area (Å²) >= 11 is 1.83. The van der Waals surface area contributed by atoms with Crippen LogP contribution in [-0.2, 0) is 9.59 Å². The number of carbonyl (C=O) groups excluding carboxylic acids is 2. The number of carbonyl (C=O) groups is 2. The Bertz CT molecular complexity index is 522. The molecule has 0 aromatic heterocycles. The van der Waals surface area contributed by atoms with Gasteiger partial charge in [-0.25, -0.2) is 0 Å². The van der Waals surface area contributed by atoms with Gasteiger partial charge in [0.1, 0.15) is 0 Å². The smallest absolute Gasteiger partial charge is 0.239 e. The van der Waals surface area contributed by atoms with Crippen molar-refractivity contribution in [1.82, 2.24) is 10.6 Å². The molecule has 1 aliphatic rings. The van der Waals surface area contributed by atoms with Crippen molar-refractivity contribution in [2.24, 2.45) is 0 Å². The Kier molecular flexibility index (Phi) is 6.58. The van der Waals surface area contributed by atoms with Crippen LogP contribution in [0.3, 0.4) is 0 Å². The Labute approximate surface area is 135 Å². The van der Waals surface area contributed by atoms with Crippen molar-refractivity contribution in [3.63, 3.8) is 0 Å². The minimum atomic E-state index is -0.137. The maximum Gasteiger partial charge on any atom is 0.239 e. The van der Waals surface area contributed by atoms with Gasteiger partial charge in [-0.2, -0.15) is 0 Å². The van der Waals surface area contributed by atoms with E-state index in [1.165, 1.54) is 4.90 Å². The molecule has 0 bridgehead atoms. The molecule has 120 valence electrons. The van der Waals surface area contributed by atoms with Crippen molar-refractivity contribution in [3.05, 3.63) is 24.3 Å². The summed E-state index contributed by atoms with van der Waals surface area (Å²) in [5.74, 6) is 0.810. The molecule has 0 unspecified atom stereocenters. The summed E-state index contributed by atoms with van der Waals surface area (Å²) in [6, 6.07) is 8.16. The Morgan fingerprint density at radius 2 is 2.05 bits per heavy atom. The van der Waals surface area contributed by atoms with E-state index < -0.39 is 0 Å². The predicted octanol–water partition coefficient (Wildman–Crippen LogP) is 1.63. The lowest BCUT2D eigenvalue weighted by Gasteiger charge is -2.23. The number of hydrogen-bond acceptors (Lipinski definition) is 4. The Balaban J connectivity index is 1.87. The van der Waals surface area contributed by atoms with E-state index in [-0.39, 0.29) is 18.4 Å². The number of amides is 2. The van der Waals surface area contributed by atoms with E-state index in [0.717, 1.165) is 30.8 Å². The molecular weight excluding hydrogens is 298 g/mol. The van der Waals surface area contributed by atoms with Crippen LogP contribution in [0.4, 0.5) is 5.69 Å². The van der Waals surface area contributed by atoms with Crippen molar-refractivity contribution in [2.75, 3.05) is 36.8 Å². The van der Waals surface area contributed by atoms with Gasteiger partial charge in [-0.15, -0.1) is 11.8 Å². The molecule has 0 aliphatic carbocycles. The first-order valence-corrected chi connectivity index (χ1v) is 8.69. The predicted molar refractivity (Wildman–Crippen MR) is 90.3 cm³/mol. The van der Waals surface area contributed by atoms with E-state index in [1.54, 1.807) is 0 Å². The monoisotopic (exact) mass is 321 g/mol. The van der Waals surface area contributed by atoms with Gasteiger partial charge in [0.25, 0.3) is 0 Å². The zero-order chi connectivity index (χ0) is 15.8. The third-order valence-electron chi connectivity index (χ3n) is 3.39. The quantitative estimate of drug-likeness (QED) is 0.836. The van der Waals surface area contributed by atoms with Gasteiger partial charge in [0.2, 0.25) is 11.8 Å². The van der Waals surface area contributed by atoms with Crippen LogP contribution in [0, 0.1) is 0 Å². The number of thioether (sulfide) groups is 1. The van der Waals surface area contributed by atoms with Crippen LogP contribution in [0.2, 0.25) is 0 Å². The van der Waals surface area contributed by atoms with Crippen LogP contribution in [0.1, 0.15) is 19.8 Å². The minimum Gasteiger partial charge on any atom is -0.361 e. The van der Waals surface area contributed by atoms with Gasteiger partial charge >= 0.3 is 0 Å². The van der Waals surface area contributed by atoms with E-state index in [1.807, 2.05) is 30.8 Å². The van der Waals surface area contributed by atoms with E-state index in [2.05, 4.69) is 27.7 Å². The topological polar surface area (TPSA) is 61.4 Å². The van der Waals surface area contributed by atoms with Gasteiger partial charge < -0.3 is 15.5 Å². The molecule has 0 spiro atoms. The largest absolute Gasteiger partial charge is 0.361 e. The van der Waals surface area contributed by atoms with E-state index in [9.17, 15) is 9.59 Å². The normalized spacial score (nSPS) is 14.0. The second kappa shape index (κ2) is 8.68. The van der Waals surface area contributed by atoms with E-state index in [0.29, 0.717) is 13.1 Å². The molecule has 1 heterocycles. The zero-order valence-corrected chi connectivity index (χ0v) is 13.7. The second-order valence-electron chi connectivity index (χ2n) is 5.22. The first-order valence-electron chi connectivity index (χ1n) is 7.71. The first kappa shape index (κ1) is 16.7. The Morgan fingerprint density at radius 1 is 1.23 bits per heavy atom. The lowest BCUT2D eigenvalue weighted by molar-refractivity contribution is -0.125. The molecular formula is C16H23N3O2S. The maximum atomic E-state index is 12.1.